The lowest BCUT2D eigenvalue weighted by molar-refractivity contribution is -0.131. The molecule has 18 heavy (non-hydrogen) atoms. The third kappa shape index (κ3) is 2.12. The van der Waals surface area contributed by atoms with Crippen molar-refractivity contribution in [3.05, 3.63) is 0 Å². The Kier molecular flexibility index (Phi) is 3.68. The lowest BCUT2D eigenvalue weighted by atomic mass is 9.60. The van der Waals surface area contributed by atoms with Crippen LogP contribution in [-0.4, -0.2) is 24.8 Å². The Labute approximate surface area is 112 Å². The van der Waals surface area contributed by atoms with Gasteiger partial charge in [-0.3, -0.25) is 0 Å². The molecule has 0 aliphatic heterocycles. The van der Waals surface area contributed by atoms with Crippen LogP contribution in [0.3, 0.4) is 0 Å². The number of ether oxygens (including phenoxy) is 1. The quantitative estimate of drug-likeness (QED) is 0.780. The normalized spacial score (nSPS) is 41.0. The van der Waals surface area contributed by atoms with Crippen LogP contribution in [0.4, 0.5) is 0 Å². The summed E-state index contributed by atoms with van der Waals surface area (Å²) in [7, 11) is 0. The summed E-state index contributed by atoms with van der Waals surface area (Å²) in [6.07, 6.45) is 11.7. The maximum absolute atomic E-state index is 5.98. The van der Waals surface area contributed by atoms with Gasteiger partial charge in [0.2, 0.25) is 0 Å². The lowest BCUT2D eigenvalue weighted by Crippen LogP contribution is -2.63. The zero-order valence-electron chi connectivity index (χ0n) is 12.1. The van der Waals surface area contributed by atoms with Crippen LogP contribution in [0.1, 0.15) is 65.2 Å². The summed E-state index contributed by atoms with van der Waals surface area (Å²) >= 11 is 0. The molecular weight excluding hydrogens is 222 g/mol. The molecule has 3 aliphatic carbocycles. The molecule has 4 atom stereocenters. The van der Waals surface area contributed by atoms with E-state index in [1.165, 1.54) is 51.4 Å². The van der Waals surface area contributed by atoms with E-state index < -0.39 is 0 Å². The van der Waals surface area contributed by atoms with Crippen LogP contribution >= 0.6 is 0 Å². The molecule has 0 bridgehead atoms. The van der Waals surface area contributed by atoms with E-state index in [4.69, 9.17) is 4.74 Å². The first-order chi connectivity index (χ1) is 8.80. The SMILES string of the molecule is CCCC1CC1NC1CC(OCC)C12CCCC2. The van der Waals surface area contributed by atoms with Crippen molar-refractivity contribution in [3.8, 4) is 0 Å². The van der Waals surface area contributed by atoms with E-state index in [-0.39, 0.29) is 0 Å². The van der Waals surface area contributed by atoms with Crippen molar-refractivity contribution in [3.63, 3.8) is 0 Å². The van der Waals surface area contributed by atoms with E-state index in [1.54, 1.807) is 0 Å². The van der Waals surface area contributed by atoms with E-state index in [0.29, 0.717) is 11.5 Å². The van der Waals surface area contributed by atoms with Crippen molar-refractivity contribution < 1.29 is 4.74 Å². The molecule has 0 heterocycles. The van der Waals surface area contributed by atoms with Crippen LogP contribution in [0, 0.1) is 11.3 Å². The van der Waals surface area contributed by atoms with Crippen molar-refractivity contribution in [2.24, 2.45) is 11.3 Å². The molecule has 3 saturated carbocycles. The largest absolute Gasteiger partial charge is 0.378 e. The van der Waals surface area contributed by atoms with Crippen molar-refractivity contribution in [1.82, 2.24) is 5.32 Å². The topological polar surface area (TPSA) is 21.3 Å². The Bertz CT molecular complexity index is 285. The molecule has 3 aliphatic rings. The van der Waals surface area contributed by atoms with Gasteiger partial charge in [-0.1, -0.05) is 26.2 Å². The smallest absolute Gasteiger partial charge is 0.0661 e. The zero-order valence-corrected chi connectivity index (χ0v) is 12.1. The zero-order chi connectivity index (χ0) is 12.6. The maximum Gasteiger partial charge on any atom is 0.0661 e. The van der Waals surface area contributed by atoms with E-state index >= 15 is 0 Å². The minimum atomic E-state index is 0.523. The first kappa shape index (κ1) is 12.9. The minimum absolute atomic E-state index is 0.523. The highest BCUT2D eigenvalue weighted by molar-refractivity contribution is 5.12. The summed E-state index contributed by atoms with van der Waals surface area (Å²) < 4.78 is 5.98. The molecule has 0 aromatic carbocycles. The van der Waals surface area contributed by atoms with Gasteiger partial charge in [0.25, 0.3) is 0 Å². The van der Waals surface area contributed by atoms with Gasteiger partial charge in [-0.25, -0.2) is 0 Å². The van der Waals surface area contributed by atoms with Gasteiger partial charge in [-0.2, -0.15) is 0 Å². The summed E-state index contributed by atoms with van der Waals surface area (Å²) in [5.74, 6) is 0.986. The average Bonchev–Trinajstić information content (AvgIpc) is 2.91. The van der Waals surface area contributed by atoms with Crippen molar-refractivity contribution in [2.45, 2.75) is 83.4 Å². The fourth-order valence-corrected chi connectivity index (χ4v) is 4.52. The fraction of sp³-hybridized carbons (Fsp3) is 1.00. The summed E-state index contributed by atoms with van der Waals surface area (Å²) in [5, 5.41) is 3.97. The van der Waals surface area contributed by atoms with Gasteiger partial charge in [-0.15, -0.1) is 0 Å². The molecule has 3 fully saturated rings. The summed E-state index contributed by atoms with van der Waals surface area (Å²) in [4.78, 5) is 0. The third-order valence-electron chi connectivity index (χ3n) is 5.68. The molecule has 0 radical (unpaired) electrons. The van der Waals surface area contributed by atoms with Gasteiger partial charge in [0.15, 0.2) is 0 Å². The summed E-state index contributed by atoms with van der Waals surface area (Å²) in [5.41, 5.74) is 0.523. The Morgan fingerprint density at radius 3 is 2.61 bits per heavy atom. The first-order valence-corrected chi connectivity index (χ1v) is 8.17. The van der Waals surface area contributed by atoms with Gasteiger partial charge in [0.1, 0.15) is 0 Å². The lowest BCUT2D eigenvalue weighted by Gasteiger charge is -2.54. The predicted molar refractivity (Wildman–Crippen MR) is 74.7 cm³/mol. The van der Waals surface area contributed by atoms with Gasteiger partial charge in [0.05, 0.1) is 6.10 Å². The van der Waals surface area contributed by atoms with Crippen LogP contribution < -0.4 is 5.32 Å². The highest BCUT2D eigenvalue weighted by atomic mass is 16.5. The van der Waals surface area contributed by atoms with E-state index in [9.17, 15) is 0 Å². The van der Waals surface area contributed by atoms with Gasteiger partial charge in [-0.05, 0) is 44.9 Å². The summed E-state index contributed by atoms with van der Waals surface area (Å²) in [6.45, 7) is 5.34. The maximum atomic E-state index is 5.98. The Balaban J connectivity index is 1.54. The Morgan fingerprint density at radius 2 is 1.94 bits per heavy atom. The fourth-order valence-electron chi connectivity index (χ4n) is 4.52. The molecule has 4 unspecified atom stereocenters. The molecule has 0 saturated heterocycles. The number of nitrogens with one attached hydrogen (secondary N) is 1. The van der Waals surface area contributed by atoms with Crippen molar-refractivity contribution in [2.75, 3.05) is 6.61 Å². The van der Waals surface area contributed by atoms with Gasteiger partial charge >= 0.3 is 0 Å². The molecule has 0 aromatic heterocycles. The minimum Gasteiger partial charge on any atom is -0.378 e. The van der Waals surface area contributed by atoms with Crippen LogP contribution in [0.2, 0.25) is 0 Å². The molecule has 2 nitrogen and oxygen atoms in total. The van der Waals surface area contributed by atoms with Gasteiger partial charge in [0, 0.05) is 24.1 Å². The molecule has 0 aromatic rings. The molecule has 3 rings (SSSR count). The predicted octanol–water partition coefficient (Wildman–Crippen LogP) is 3.50. The molecular formula is C16H29NO. The highest BCUT2D eigenvalue weighted by Crippen LogP contribution is 2.55. The number of hydrogen-bond acceptors (Lipinski definition) is 2. The highest BCUT2D eigenvalue weighted by Gasteiger charge is 2.58. The van der Waals surface area contributed by atoms with Crippen molar-refractivity contribution in [1.29, 1.82) is 0 Å². The van der Waals surface area contributed by atoms with Crippen LogP contribution in [0.15, 0.2) is 0 Å². The first-order valence-electron chi connectivity index (χ1n) is 8.17. The monoisotopic (exact) mass is 251 g/mol. The Hall–Kier alpha value is -0.0800. The van der Waals surface area contributed by atoms with Gasteiger partial charge < -0.3 is 10.1 Å². The number of hydrogen-bond donors (Lipinski definition) is 1. The Morgan fingerprint density at radius 1 is 1.17 bits per heavy atom. The summed E-state index contributed by atoms with van der Waals surface area (Å²) in [6, 6.07) is 1.61. The van der Waals surface area contributed by atoms with Crippen LogP contribution in [-0.2, 0) is 4.74 Å². The van der Waals surface area contributed by atoms with E-state index in [0.717, 1.165) is 24.6 Å². The third-order valence-corrected chi connectivity index (χ3v) is 5.68. The molecule has 1 spiro atoms. The molecule has 2 heteroatoms. The van der Waals surface area contributed by atoms with E-state index in [2.05, 4.69) is 19.2 Å². The average molecular weight is 251 g/mol. The second-order valence-corrected chi connectivity index (χ2v) is 6.73. The molecule has 0 amide bonds. The van der Waals surface area contributed by atoms with E-state index in [1.807, 2.05) is 0 Å². The second kappa shape index (κ2) is 5.13. The molecule has 104 valence electrons. The number of rotatable bonds is 6. The standard InChI is InChI=1S/C16H29NO/c1-3-7-12-10-13(12)17-14-11-15(18-4-2)16(14)8-5-6-9-16/h12-15,17H,3-11H2,1-2H3. The van der Waals surface area contributed by atoms with Crippen LogP contribution in [0.25, 0.3) is 0 Å². The van der Waals surface area contributed by atoms with Crippen molar-refractivity contribution >= 4 is 0 Å². The molecule has 1 N–H and O–H groups in total. The van der Waals surface area contributed by atoms with Crippen LogP contribution in [0.5, 0.6) is 0 Å². The second-order valence-electron chi connectivity index (χ2n) is 6.73.